The minimum atomic E-state index is 0.776. The molecule has 0 atom stereocenters. The summed E-state index contributed by atoms with van der Waals surface area (Å²) in [6.45, 7) is 6.35. The van der Waals surface area contributed by atoms with Gasteiger partial charge in [0.1, 0.15) is 0 Å². The molecule has 1 heteroatoms. The highest BCUT2D eigenvalue weighted by Gasteiger charge is 2.22. The molecule has 110 valence electrons. The maximum Gasteiger partial charge on any atom is 0.0205 e. The van der Waals surface area contributed by atoms with Crippen molar-refractivity contribution in [3.05, 3.63) is 59.2 Å². The van der Waals surface area contributed by atoms with Crippen LogP contribution in [0.3, 0.4) is 0 Å². The molecule has 0 bridgehead atoms. The van der Waals surface area contributed by atoms with E-state index in [0.29, 0.717) is 0 Å². The lowest BCUT2D eigenvalue weighted by atomic mass is 9.77. The maximum absolute atomic E-state index is 3.42. The van der Waals surface area contributed by atoms with E-state index < -0.39 is 0 Å². The molecule has 0 amide bonds. The molecule has 0 aliphatic heterocycles. The second-order valence-electron chi connectivity index (χ2n) is 6.14. The summed E-state index contributed by atoms with van der Waals surface area (Å²) in [6.07, 6.45) is 4.10. The monoisotopic (exact) mass is 279 g/mol. The molecule has 0 spiro atoms. The van der Waals surface area contributed by atoms with Gasteiger partial charge in [-0.3, -0.25) is 0 Å². The van der Waals surface area contributed by atoms with Gasteiger partial charge in [0.05, 0.1) is 0 Å². The van der Waals surface area contributed by atoms with E-state index in [0.717, 1.165) is 19.0 Å². The Bertz CT molecular complexity index is 611. The lowest BCUT2D eigenvalue weighted by Gasteiger charge is -2.28. The Balaban J connectivity index is 1.99. The zero-order valence-corrected chi connectivity index (χ0v) is 13.2. The van der Waals surface area contributed by atoms with Gasteiger partial charge in [0.2, 0.25) is 0 Å². The number of rotatable bonds is 5. The van der Waals surface area contributed by atoms with Crippen LogP contribution in [0.2, 0.25) is 0 Å². The van der Waals surface area contributed by atoms with Gasteiger partial charge in [-0.25, -0.2) is 0 Å². The summed E-state index contributed by atoms with van der Waals surface area (Å²) in [5.74, 6) is 0.776. The fourth-order valence-electron chi connectivity index (χ4n) is 3.16. The van der Waals surface area contributed by atoms with E-state index in [1.54, 1.807) is 5.56 Å². The fraction of sp³-hybridized carbons (Fsp3) is 0.400. The van der Waals surface area contributed by atoms with E-state index in [1.165, 1.54) is 41.5 Å². The lowest BCUT2D eigenvalue weighted by molar-refractivity contribution is 0.420. The Morgan fingerprint density at radius 1 is 1.05 bits per heavy atom. The number of hydrogen-bond donors (Lipinski definition) is 1. The number of nitrogens with one attached hydrogen (secondary N) is 1. The maximum atomic E-state index is 3.42. The molecule has 1 nitrogen and oxygen atoms in total. The first-order chi connectivity index (χ1) is 10.3. The molecule has 1 aliphatic rings. The van der Waals surface area contributed by atoms with Crippen molar-refractivity contribution in [1.82, 2.24) is 5.32 Å². The summed E-state index contributed by atoms with van der Waals surface area (Å²) in [4.78, 5) is 0. The van der Waals surface area contributed by atoms with Crippen LogP contribution >= 0.6 is 0 Å². The highest BCUT2D eigenvalue weighted by molar-refractivity contribution is 5.72. The van der Waals surface area contributed by atoms with Crippen LogP contribution in [0, 0.1) is 6.92 Å². The Morgan fingerprint density at radius 2 is 1.86 bits per heavy atom. The lowest BCUT2D eigenvalue weighted by Crippen LogP contribution is -2.12. The van der Waals surface area contributed by atoms with Gasteiger partial charge in [-0.2, -0.15) is 0 Å². The average molecular weight is 279 g/mol. The molecule has 0 unspecified atom stereocenters. The Hall–Kier alpha value is -1.60. The molecule has 2 aromatic carbocycles. The molecule has 0 aromatic heterocycles. The molecule has 0 saturated heterocycles. The molecule has 2 aromatic rings. The van der Waals surface area contributed by atoms with Crippen molar-refractivity contribution in [2.75, 3.05) is 6.54 Å². The topological polar surface area (TPSA) is 12.0 Å². The summed E-state index contributed by atoms with van der Waals surface area (Å²) in [6, 6.07) is 15.9. The molecule has 1 N–H and O–H groups in total. The third kappa shape index (κ3) is 3.03. The highest BCUT2D eigenvalue weighted by atomic mass is 14.8. The summed E-state index contributed by atoms with van der Waals surface area (Å²) in [7, 11) is 0. The first kappa shape index (κ1) is 14.3. The van der Waals surface area contributed by atoms with Crippen molar-refractivity contribution in [2.45, 2.75) is 45.6 Å². The van der Waals surface area contributed by atoms with Gasteiger partial charge in [0.15, 0.2) is 0 Å². The first-order valence-electron chi connectivity index (χ1n) is 8.19. The van der Waals surface area contributed by atoms with Crippen molar-refractivity contribution in [2.24, 2.45) is 0 Å². The van der Waals surface area contributed by atoms with E-state index >= 15 is 0 Å². The second-order valence-corrected chi connectivity index (χ2v) is 6.14. The molecule has 0 heterocycles. The van der Waals surface area contributed by atoms with Crippen LogP contribution in [-0.4, -0.2) is 6.54 Å². The second kappa shape index (κ2) is 6.44. The zero-order valence-electron chi connectivity index (χ0n) is 13.2. The van der Waals surface area contributed by atoms with Crippen LogP contribution in [0.4, 0.5) is 0 Å². The highest BCUT2D eigenvalue weighted by Crippen LogP contribution is 2.41. The van der Waals surface area contributed by atoms with E-state index in [1.807, 2.05) is 0 Å². The van der Waals surface area contributed by atoms with Crippen LogP contribution in [0.1, 0.15) is 48.8 Å². The van der Waals surface area contributed by atoms with Crippen LogP contribution in [0.25, 0.3) is 11.1 Å². The number of hydrogen-bond acceptors (Lipinski definition) is 1. The van der Waals surface area contributed by atoms with Gasteiger partial charge in [0.25, 0.3) is 0 Å². The summed E-state index contributed by atoms with van der Waals surface area (Å²) >= 11 is 0. The smallest absolute Gasteiger partial charge is 0.0205 e. The number of benzene rings is 2. The minimum Gasteiger partial charge on any atom is -0.313 e. The van der Waals surface area contributed by atoms with E-state index in [4.69, 9.17) is 0 Å². The van der Waals surface area contributed by atoms with E-state index in [9.17, 15) is 0 Å². The minimum absolute atomic E-state index is 0.776. The van der Waals surface area contributed by atoms with Crippen LogP contribution in [0.5, 0.6) is 0 Å². The van der Waals surface area contributed by atoms with E-state index in [2.05, 4.69) is 61.6 Å². The average Bonchev–Trinajstić information content (AvgIpc) is 2.45. The van der Waals surface area contributed by atoms with Gasteiger partial charge in [0, 0.05) is 6.54 Å². The Kier molecular flexibility index (Phi) is 4.40. The largest absolute Gasteiger partial charge is 0.313 e. The third-order valence-corrected chi connectivity index (χ3v) is 4.68. The van der Waals surface area contributed by atoms with E-state index in [-0.39, 0.29) is 0 Å². The summed E-state index contributed by atoms with van der Waals surface area (Å²) < 4.78 is 0. The Morgan fingerprint density at radius 3 is 2.57 bits per heavy atom. The molecule has 3 rings (SSSR count). The van der Waals surface area contributed by atoms with Crippen LogP contribution < -0.4 is 5.32 Å². The van der Waals surface area contributed by atoms with Gasteiger partial charge in [-0.1, -0.05) is 49.7 Å². The quantitative estimate of drug-likeness (QED) is 0.808. The standard InChI is InChI=1S/C20H25N/c1-3-21-14-16-12-11-15(2)20(13-16)19-10-5-4-9-18(19)17-7-6-8-17/h4-5,9-13,17,21H,3,6-8,14H2,1-2H3. The normalized spacial score (nSPS) is 15.0. The van der Waals surface area contributed by atoms with Crippen molar-refractivity contribution in [3.8, 4) is 11.1 Å². The van der Waals surface area contributed by atoms with Gasteiger partial charge in [-0.15, -0.1) is 0 Å². The molecular formula is C20H25N. The molecular weight excluding hydrogens is 254 g/mol. The molecule has 1 fully saturated rings. The molecule has 1 saturated carbocycles. The fourth-order valence-corrected chi connectivity index (χ4v) is 3.16. The van der Waals surface area contributed by atoms with Crippen molar-refractivity contribution >= 4 is 0 Å². The molecule has 1 aliphatic carbocycles. The van der Waals surface area contributed by atoms with Gasteiger partial charge < -0.3 is 5.32 Å². The first-order valence-corrected chi connectivity index (χ1v) is 8.19. The molecule has 0 radical (unpaired) electrons. The summed E-state index contributed by atoms with van der Waals surface area (Å²) in [5.41, 5.74) is 7.15. The van der Waals surface area contributed by atoms with Crippen molar-refractivity contribution in [1.29, 1.82) is 0 Å². The predicted molar refractivity (Wildman–Crippen MR) is 90.6 cm³/mol. The molecule has 21 heavy (non-hydrogen) atoms. The number of aryl methyl sites for hydroxylation is 1. The summed E-state index contributed by atoms with van der Waals surface area (Å²) in [5, 5.41) is 3.42. The van der Waals surface area contributed by atoms with Gasteiger partial charge >= 0.3 is 0 Å². The van der Waals surface area contributed by atoms with Crippen LogP contribution in [0.15, 0.2) is 42.5 Å². The van der Waals surface area contributed by atoms with Crippen molar-refractivity contribution < 1.29 is 0 Å². The zero-order chi connectivity index (χ0) is 14.7. The van der Waals surface area contributed by atoms with Crippen molar-refractivity contribution in [3.63, 3.8) is 0 Å². The predicted octanol–water partition coefficient (Wildman–Crippen LogP) is 5.04. The van der Waals surface area contributed by atoms with Crippen LogP contribution in [-0.2, 0) is 6.54 Å². The SMILES string of the molecule is CCNCc1ccc(C)c(-c2ccccc2C2CCC2)c1. The van der Waals surface area contributed by atoms with Gasteiger partial charge in [-0.05, 0) is 66.1 Å². The third-order valence-electron chi connectivity index (χ3n) is 4.68. The Labute approximate surface area is 128 Å².